The Bertz CT molecular complexity index is 903. The Morgan fingerprint density at radius 3 is 2.25 bits per heavy atom. The zero-order chi connectivity index (χ0) is 22.9. The van der Waals surface area contributed by atoms with Crippen LogP contribution in [0, 0.1) is 5.92 Å². The maximum Gasteiger partial charge on any atom is 0.408 e. The lowest BCUT2D eigenvalue weighted by molar-refractivity contribution is -0.151. The van der Waals surface area contributed by atoms with E-state index in [0.717, 1.165) is 17.5 Å². The van der Waals surface area contributed by atoms with E-state index in [9.17, 15) is 14.4 Å². The van der Waals surface area contributed by atoms with Crippen molar-refractivity contribution in [2.75, 3.05) is 13.7 Å². The van der Waals surface area contributed by atoms with Gasteiger partial charge in [0.25, 0.3) is 0 Å². The van der Waals surface area contributed by atoms with E-state index < -0.39 is 24.1 Å². The fourth-order valence-electron chi connectivity index (χ4n) is 4.07. The van der Waals surface area contributed by atoms with E-state index in [1.54, 1.807) is 4.90 Å². The molecule has 7 nitrogen and oxygen atoms in total. The molecule has 0 aliphatic carbocycles. The molecule has 0 bridgehead atoms. The standard InChI is InChI=1S/C25H30N2O5/c1-3-21(26-25(30)32-17-19-12-8-5-9-13-19)23(28)27-16-20(15-22(27)24(29)31-2)14-18-10-6-4-7-11-18/h4-13,20-22H,3,14-17H2,1-2H3,(H,26,30)/t20-,21-,22-/m0/s1. The Morgan fingerprint density at radius 2 is 1.66 bits per heavy atom. The molecule has 1 saturated heterocycles. The van der Waals surface area contributed by atoms with E-state index in [1.165, 1.54) is 7.11 Å². The van der Waals surface area contributed by atoms with E-state index in [2.05, 4.69) is 5.32 Å². The van der Waals surface area contributed by atoms with E-state index in [0.29, 0.717) is 19.4 Å². The van der Waals surface area contributed by atoms with Crippen molar-refractivity contribution in [3.8, 4) is 0 Å². The Morgan fingerprint density at radius 1 is 1.03 bits per heavy atom. The monoisotopic (exact) mass is 438 g/mol. The smallest absolute Gasteiger partial charge is 0.408 e. The second-order valence-corrected chi connectivity index (χ2v) is 7.99. The highest BCUT2D eigenvalue weighted by Crippen LogP contribution is 2.28. The normalized spacial score (nSPS) is 18.6. The van der Waals surface area contributed by atoms with Crippen LogP contribution in [-0.2, 0) is 32.1 Å². The van der Waals surface area contributed by atoms with Crippen LogP contribution in [0.5, 0.6) is 0 Å². The number of nitrogens with zero attached hydrogens (tertiary/aromatic N) is 1. The molecule has 2 amide bonds. The molecule has 0 aromatic heterocycles. The highest BCUT2D eigenvalue weighted by molar-refractivity contribution is 5.90. The van der Waals surface area contributed by atoms with Crippen LogP contribution in [0.15, 0.2) is 60.7 Å². The topological polar surface area (TPSA) is 84.9 Å². The summed E-state index contributed by atoms with van der Waals surface area (Å²) in [5, 5.41) is 2.65. The van der Waals surface area contributed by atoms with E-state index in [4.69, 9.17) is 9.47 Å². The van der Waals surface area contributed by atoms with Crippen molar-refractivity contribution in [1.29, 1.82) is 0 Å². The number of likely N-dealkylation sites (tertiary alicyclic amines) is 1. The number of amides is 2. The molecular weight excluding hydrogens is 408 g/mol. The van der Waals surface area contributed by atoms with Gasteiger partial charge in [0.1, 0.15) is 18.7 Å². The van der Waals surface area contributed by atoms with Crippen molar-refractivity contribution in [2.45, 2.75) is 44.9 Å². The molecule has 1 fully saturated rings. The number of methoxy groups -OCH3 is 1. The predicted molar refractivity (Wildman–Crippen MR) is 120 cm³/mol. The minimum absolute atomic E-state index is 0.116. The van der Waals surface area contributed by atoms with Crippen LogP contribution in [0.4, 0.5) is 4.79 Å². The summed E-state index contributed by atoms with van der Waals surface area (Å²) in [7, 11) is 1.33. The summed E-state index contributed by atoms with van der Waals surface area (Å²) < 4.78 is 10.2. The van der Waals surface area contributed by atoms with Gasteiger partial charge >= 0.3 is 12.1 Å². The largest absolute Gasteiger partial charge is 0.467 e. The van der Waals surface area contributed by atoms with Crippen molar-refractivity contribution >= 4 is 18.0 Å². The first-order valence-electron chi connectivity index (χ1n) is 10.9. The third-order valence-corrected chi connectivity index (χ3v) is 5.72. The van der Waals surface area contributed by atoms with Crippen LogP contribution in [0.25, 0.3) is 0 Å². The van der Waals surface area contributed by atoms with Gasteiger partial charge in [-0.05, 0) is 36.3 Å². The molecule has 3 rings (SSSR count). The summed E-state index contributed by atoms with van der Waals surface area (Å²) in [5.41, 5.74) is 2.01. The molecule has 0 unspecified atom stereocenters. The van der Waals surface area contributed by atoms with Gasteiger partial charge in [0.2, 0.25) is 5.91 Å². The number of nitrogens with one attached hydrogen (secondary N) is 1. The molecule has 0 radical (unpaired) electrons. The number of esters is 1. The van der Waals surface area contributed by atoms with Crippen LogP contribution in [-0.4, -0.2) is 48.6 Å². The number of carbonyl (C=O) groups is 3. The first-order chi connectivity index (χ1) is 15.5. The number of carbonyl (C=O) groups excluding carboxylic acids is 3. The Balaban J connectivity index is 1.63. The molecular formula is C25H30N2O5. The van der Waals surface area contributed by atoms with Crippen molar-refractivity contribution in [2.24, 2.45) is 5.92 Å². The van der Waals surface area contributed by atoms with Crippen LogP contribution >= 0.6 is 0 Å². The third-order valence-electron chi connectivity index (χ3n) is 5.72. The van der Waals surface area contributed by atoms with Gasteiger partial charge in [-0.3, -0.25) is 4.79 Å². The zero-order valence-electron chi connectivity index (χ0n) is 18.5. The number of rotatable bonds is 8. The van der Waals surface area contributed by atoms with Gasteiger partial charge in [0.05, 0.1) is 7.11 Å². The van der Waals surface area contributed by atoms with E-state index >= 15 is 0 Å². The fraction of sp³-hybridized carbons (Fsp3) is 0.400. The summed E-state index contributed by atoms with van der Waals surface area (Å²) in [4.78, 5) is 39.5. The average Bonchev–Trinajstić information content (AvgIpc) is 3.25. The summed E-state index contributed by atoms with van der Waals surface area (Å²) in [5.74, 6) is -0.599. The van der Waals surface area contributed by atoms with E-state index in [-0.39, 0.29) is 18.4 Å². The molecule has 170 valence electrons. The van der Waals surface area contributed by atoms with Crippen LogP contribution in [0.2, 0.25) is 0 Å². The number of benzene rings is 2. The SMILES string of the molecule is CC[C@H](NC(=O)OCc1ccccc1)C(=O)N1C[C@@H](Cc2ccccc2)C[C@H]1C(=O)OC. The summed E-state index contributed by atoms with van der Waals surface area (Å²) >= 11 is 0. The highest BCUT2D eigenvalue weighted by Gasteiger charge is 2.42. The first-order valence-corrected chi connectivity index (χ1v) is 10.9. The second kappa shape index (κ2) is 11.3. The van der Waals surface area contributed by atoms with E-state index in [1.807, 2.05) is 67.6 Å². The minimum atomic E-state index is -0.777. The summed E-state index contributed by atoms with van der Waals surface area (Å²) in [6.45, 7) is 2.36. The van der Waals surface area contributed by atoms with Crippen molar-refractivity contribution in [1.82, 2.24) is 10.2 Å². The maximum atomic E-state index is 13.3. The molecule has 1 aliphatic heterocycles. The Labute approximate surface area is 188 Å². The lowest BCUT2D eigenvalue weighted by Gasteiger charge is -2.27. The summed E-state index contributed by atoms with van der Waals surface area (Å²) in [6.07, 6.45) is 1.01. The van der Waals surface area contributed by atoms with Crippen molar-refractivity contribution in [3.05, 3.63) is 71.8 Å². The Hall–Kier alpha value is -3.35. The van der Waals surface area contributed by atoms with Gasteiger partial charge in [-0.1, -0.05) is 67.6 Å². The number of alkyl carbamates (subject to hydrolysis) is 1. The predicted octanol–water partition coefficient (Wildman–Crippen LogP) is 3.32. The zero-order valence-corrected chi connectivity index (χ0v) is 18.5. The van der Waals surface area contributed by atoms with Crippen LogP contribution in [0.3, 0.4) is 0 Å². The molecule has 0 spiro atoms. The highest BCUT2D eigenvalue weighted by atomic mass is 16.5. The first kappa shape index (κ1) is 23.3. The number of ether oxygens (including phenoxy) is 2. The van der Waals surface area contributed by atoms with Gasteiger partial charge in [-0.15, -0.1) is 0 Å². The molecule has 0 saturated carbocycles. The number of hydrogen-bond donors (Lipinski definition) is 1. The maximum absolute atomic E-state index is 13.3. The van der Waals surface area contributed by atoms with Crippen LogP contribution in [0.1, 0.15) is 30.9 Å². The molecule has 7 heteroatoms. The minimum Gasteiger partial charge on any atom is -0.467 e. The lowest BCUT2D eigenvalue weighted by Crippen LogP contribution is -2.51. The lowest BCUT2D eigenvalue weighted by atomic mass is 9.97. The molecule has 32 heavy (non-hydrogen) atoms. The number of hydrogen-bond acceptors (Lipinski definition) is 5. The van der Waals surface area contributed by atoms with Gasteiger partial charge in [0, 0.05) is 6.54 Å². The summed E-state index contributed by atoms with van der Waals surface area (Å²) in [6, 6.07) is 17.9. The van der Waals surface area contributed by atoms with Crippen molar-refractivity contribution < 1.29 is 23.9 Å². The molecule has 2 aromatic rings. The van der Waals surface area contributed by atoms with Gasteiger partial charge in [-0.2, -0.15) is 0 Å². The Kier molecular flexibility index (Phi) is 8.25. The quantitative estimate of drug-likeness (QED) is 0.639. The van der Waals surface area contributed by atoms with Gasteiger partial charge in [0.15, 0.2) is 0 Å². The molecule has 1 heterocycles. The van der Waals surface area contributed by atoms with Gasteiger partial charge < -0.3 is 19.7 Å². The molecule has 1 aliphatic rings. The average molecular weight is 439 g/mol. The van der Waals surface area contributed by atoms with Crippen molar-refractivity contribution in [3.63, 3.8) is 0 Å². The molecule has 1 N–H and O–H groups in total. The van der Waals surface area contributed by atoms with Gasteiger partial charge in [-0.25, -0.2) is 9.59 Å². The fourth-order valence-corrected chi connectivity index (χ4v) is 4.07. The molecule has 2 aromatic carbocycles. The molecule has 3 atom stereocenters. The second-order valence-electron chi connectivity index (χ2n) is 7.99. The third kappa shape index (κ3) is 6.09. The van der Waals surface area contributed by atoms with Crippen LogP contribution < -0.4 is 5.32 Å².